The van der Waals surface area contributed by atoms with Crippen LogP contribution in [0.5, 0.6) is 5.75 Å². The lowest BCUT2D eigenvalue weighted by Gasteiger charge is -2.07. The van der Waals surface area contributed by atoms with E-state index in [1.54, 1.807) is 24.3 Å². The Labute approximate surface area is 173 Å². The van der Waals surface area contributed by atoms with E-state index in [1.807, 2.05) is 13.8 Å². The number of rotatable bonds is 8. The van der Waals surface area contributed by atoms with Crippen molar-refractivity contribution in [3.63, 3.8) is 0 Å². The van der Waals surface area contributed by atoms with Crippen molar-refractivity contribution in [1.29, 1.82) is 0 Å². The second-order valence-electron chi connectivity index (χ2n) is 7.06. The lowest BCUT2D eigenvalue weighted by atomic mass is 10.2. The molecule has 8 heteroatoms. The third-order valence-corrected chi connectivity index (χ3v) is 4.06. The number of benzene rings is 2. The molecule has 1 aromatic heterocycles. The van der Waals surface area contributed by atoms with Gasteiger partial charge in [0.05, 0.1) is 0 Å². The number of hydrogen-bond acceptors (Lipinski definition) is 5. The number of carbonyl (C=O) groups excluding carboxylic acids is 2. The number of amides is 2. The molecular weight excluding hydrogens is 389 g/mol. The summed E-state index contributed by atoms with van der Waals surface area (Å²) >= 11 is 0. The maximum atomic E-state index is 12.9. The lowest BCUT2D eigenvalue weighted by molar-refractivity contribution is 0.0939. The zero-order chi connectivity index (χ0) is 21.5. The Hall–Kier alpha value is -3.68. The molecule has 0 saturated heterocycles. The first-order chi connectivity index (χ1) is 14.4. The fraction of sp³-hybridized carbons (Fsp3) is 0.227. The van der Waals surface area contributed by atoms with Crippen molar-refractivity contribution in [1.82, 2.24) is 10.5 Å². The molecule has 0 unspecified atom stereocenters. The van der Waals surface area contributed by atoms with E-state index in [-0.39, 0.29) is 24.1 Å². The maximum absolute atomic E-state index is 12.9. The van der Waals surface area contributed by atoms with Crippen molar-refractivity contribution >= 4 is 17.5 Å². The van der Waals surface area contributed by atoms with Gasteiger partial charge in [0.1, 0.15) is 18.2 Å². The van der Waals surface area contributed by atoms with Crippen molar-refractivity contribution < 1.29 is 23.2 Å². The fourth-order valence-corrected chi connectivity index (χ4v) is 2.47. The molecule has 0 fully saturated rings. The van der Waals surface area contributed by atoms with Crippen LogP contribution in [0.2, 0.25) is 0 Å². The number of halogens is 1. The topological polar surface area (TPSA) is 93.5 Å². The Kier molecular flexibility index (Phi) is 6.79. The van der Waals surface area contributed by atoms with E-state index in [4.69, 9.17) is 9.26 Å². The normalized spacial score (nSPS) is 10.7. The highest BCUT2D eigenvalue weighted by molar-refractivity contribution is 6.04. The summed E-state index contributed by atoms with van der Waals surface area (Å²) in [5.74, 6) is 0.277. The van der Waals surface area contributed by atoms with E-state index in [9.17, 15) is 14.0 Å². The van der Waals surface area contributed by atoms with E-state index >= 15 is 0 Å². The molecule has 0 bridgehead atoms. The number of nitrogens with zero attached hydrogens (tertiary/aromatic N) is 1. The molecule has 2 aromatic carbocycles. The van der Waals surface area contributed by atoms with Gasteiger partial charge in [0, 0.05) is 23.9 Å². The molecule has 0 aliphatic heterocycles. The van der Waals surface area contributed by atoms with Gasteiger partial charge >= 0.3 is 0 Å². The summed E-state index contributed by atoms with van der Waals surface area (Å²) in [6.07, 6.45) is 0. The minimum Gasteiger partial charge on any atom is -0.486 e. The second kappa shape index (κ2) is 9.69. The van der Waals surface area contributed by atoms with Gasteiger partial charge in [0.2, 0.25) is 0 Å². The average Bonchev–Trinajstić information content (AvgIpc) is 3.21. The number of anilines is 1. The van der Waals surface area contributed by atoms with Crippen molar-refractivity contribution in [2.45, 2.75) is 20.5 Å². The van der Waals surface area contributed by atoms with Gasteiger partial charge in [-0.2, -0.15) is 0 Å². The monoisotopic (exact) mass is 411 g/mol. The van der Waals surface area contributed by atoms with E-state index in [2.05, 4.69) is 15.8 Å². The average molecular weight is 411 g/mol. The molecule has 0 atom stereocenters. The molecule has 0 spiro atoms. The Morgan fingerprint density at radius 3 is 2.43 bits per heavy atom. The summed E-state index contributed by atoms with van der Waals surface area (Å²) in [5.41, 5.74) is 1.13. The molecule has 3 rings (SSSR count). The predicted molar refractivity (Wildman–Crippen MR) is 109 cm³/mol. The standard InChI is InChI=1S/C22H22FN3O4/c1-14(2)12-24-22(28)20-11-19(30-26-20)13-29-18-9-7-17(8-10-18)25-21(27)15-3-5-16(23)6-4-15/h3-11,14H,12-13H2,1-2H3,(H,24,28)(H,25,27). The lowest BCUT2D eigenvalue weighted by Crippen LogP contribution is -2.27. The van der Waals surface area contributed by atoms with Crippen molar-refractivity contribution in [2.75, 3.05) is 11.9 Å². The van der Waals surface area contributed by atoms with Gasteiger partial charge in [-0.15, -0.1) is 0 Å². The SMILES string of the molecule is CC(C)CNC(=O)c1cc(COc2ccc(NC(=O)c3ccc(F)cc3)cc2)on1. The highest BCUT2D eigenvalue weighted by atomic mass is 19.1. The van der Waals surface area contributed by atoms with Crippen LogP contribution in [0, 0.1) is 11.7 Å². The molecule has 1 heterocycles. The quantitative estimate of drug-likeness (QED) is 0.584. The summed E-state index contributed by atoms with van der Waals surface area (Å²) < 4.78 is 23.7. The predicted octanol–water partition coefficient (Wildman–Crippen LogP) is 4.03. The van der Waals surface area contributed by atoms with Gasteiger partial charge in [0.15, 0.2) is 11.5 Å². The Bertz CT molecular complexity index is 998. The van der Waals surface area contributed by atoms with Crippen LogP contribution in [0.4, 0.5) is 10.1 Å². The van der Waals surface area contributed by atoms with Crippen LogP contribution >= 0.6 is 0 Å². The molecule has 3 aromatic rings. The van der Waals surface area contributed by atoms with Gasteiger partial charge in [0.25, 0.3) is 11.8 Å². The third-order valence-electron chi connectivity index (χ3n) is 4.06. The van der Waals surface area contributed by atoms with E-state index in [0.29, 0.717) is 35.2 Å². The number of ether oxygens (including phenoxy) is 1. The molecule has 0 saturated carbocycles. The first-order valence-electron chi connectivity index (χ1n) is 9.44. The van der Waals surface area contributed by atoms with Gasteiger partial charge in [-0.05, 0) is 54.4 Å². The maximum Gasteiger partial charge on any atom is 0.273 e. The van der Waals surface area contributed by atoms with Gasteiger partial charge < -0.3 is 19.9 Å². The Balaban J connectivity index is 1.51. The molecule has 30 heavy (non-hydrogen) atoms. The number of carbonyl (C=O) groups is 2. The van der Waals surface area contributed by atoms with Crippen LogP contribution in [-0.2, 0) is 6.61 Å². The number of aromatic nitrogens is 1. The highest BCUT2D eigenvalue weighted by Gasteiger charge is 2.13. The third kappa shape index (κ3) is 5.91. The van der Waals surface area contributed by atoms with Gasteiger partial charge in [-0.25, -0.2) is 4.39 Å². The molecule has 0 aliphatic carbocycles. The van der Waals surface area contributed by atoms with Gasteiger partial charge in [-0.3, -0.25) is 9.59 Å². The minimum atomic E-state index is -0.400. The van der Waals surface area contributed by atoms with Crippen LogP contribution < -0.4 is 15.4 Å². The Morgan fingerprint density at radius 1 is 1.07 bits per heavy atom. The first kappa shape index (κ1) is 21.0. The molecule has 0 radical (unpaired) electrons. The van der Waals surface area contributed by atoms with Crippen LogP contribution in [0.25, 0.3) is 0 Å². The van der Waals surface area contributed by atoms with Crippen LogP contribution in [0.15, 0.2) is 59.1 Å². The minimum absolute atomic E-state index is 0.103. The zero-order valence-corrected chi connectivity index (χ0v) is 16.6. The summed E-state index contributed by atoms with van der Waals surface area (Å²) in [7, 11) is 0. The summed E-state index contributed by atoms with van der Waals surface area (Å²) in [6, 6.07) is 13.6. The van der Waals surface area contributed by atoms with Gasteiger partial charge in [-0.1, -0.05) is 19.0 Å². The van der Waals surface area contributed by atoms with Crippen LogP contribution in [-0.4, -0.2) is 23.5 Å². The Morgan fingerprint density at radius 2 is 1.77 bits per heavy atom. The molecular formula is C22H22FN3O4. The number of hydrogen-bond donors (Lipinski definition) is 2. The largest absolute Gasteiger partial charge is 0.486 e. The zero-order valence-electron chi connectivity index (χ0n) is 16.6. The second-order valence-corrected chi connectivity index (χ2v) is 7.06. The molecule has 2 amide bonds. The summed E-state index contributed by atoms with van der Waals surface area (Å²) in [6.45, 7) is 4.66. The molecule has 0 aliphatic rings. The van der Waals surface area contributed by atoms with Crippen molar-refractivity contribution in [3.8, 4) is 5.75 Å². The smallest absolute Gasteiger partial charge is 0.273 e. The highest BCUT2D eigenvalue weighted by Crippen LogP contribution is 2.18. The van der Waals surface area contributed by atoms with Crippen molar-refractivity contribution in [3.05, 3.63) is 77.4 Å². The van der Waals surface area contributed by atoms with Crippen LogP contribution in [0.1, 0.15) is 40.5 Å². The summed E-state index contributed by atoms with van der Waals surface area (Å²) in [4.78, 5) is 24.1. The summed E-state index contributed by atoms with van der Waals surface area (Å²) in [5, 5.41) is 9.24. The number of nitrogens with one attached hydrogen (secondary N) is 2. The molecule has 7 nitrogen and oxygen atoms in total. The van der Waals surface area contributed by atoms with E-state index in [0.717, 1.165) is 0 Å². The van der Waals surface area contributed by atoms with Crippen molar-refractivity contribution in [2.24, 2.45) is 5.92 Å². The molecule has 2 N–H and O–H groups in total. The fourth-order valence-electron chi connectivity index (χ4n) is 2.47. The van der Waals surface area contributed by atoms with E-state index < -0.39 is 5.82 Å². The van der Waals surface area contributed by atoms with Crippen LogP contribution in [0.3, 0.4) is 0 Å². The molecule has 156 valence electrons. The first-order valence-corrected chi connectivity index (χ1v) is 9.44. The van der Waals surface area contributed by atoms with E-state index in [1.165, 1.54) is 30.3 Å².